The van der Waals surface area contributed by atoms with Gasteiger partial charge < -0.3 is 15.1 Å². The van der Waals surface area contributed by atoms with Gasteiger partial charge in [0.05, 0.1) is 0 Å². The van der Waals surface area contributed by atoms with Gasteiger partial charge in [0, 0.05) is 31.7 Å². The van der Waals surface area contributed by atoms with Crippen molar-refractivity contribution >= 4 is 0 Å². The predicted octanol–water partition coefficient (Wildman–Crippen LogP) is 1.40. The van der Waals surface area contributed by atoms with E-state index in [4.69, 9.17) is 0 Å². The van der Waals surface area contributed by atoms with Gasteiger partial charge in [-0.2, -0.15) is 0 Å². The Morgan fingerprint density at radius 1 is 1.35 bits per heavy atom. The summed E-state index contributed by atoms with van der Waals surface area (Å²) in [7, 11) is 4.53. The molecule has 1 aliphatic carbocycles. The Labute approximate surface area is 107 Å². The minimum atomic E-state index is 0.734. The largest absolute Gasteiger partial charge is 0.313 e. The Morgan fingerprint density at radius 3 is 2.76 bits per heavy atom. The first-order chi connectivity index (χ1) is 8.16. The highest BCUT2D eigenvalue weighted by Crippen LogP contribution is 2.32. The van der Waals surface area contributed by atoms with E-state index >= 15 is 0 Å². The quantitative estimate of drug-likeness (QED) is 0.756. The number of likely N-dealkylation sites (tertiary alicyclic amines) is 1. The van der Waals surface area contributed by atoms with Crippen LogP contribution in [0.25, 0.3) is 0 Å². The van der Waals surface area contributed by atoms with Gasteiger partial charge in [-0.3, -0.25) is 0 Å². The summed E-state index contributed by atoms with van der Waals surface area (Å²) in [5.74, 6) is 0.973. The fourth-order valence-electron chi connectivity index (χ4n) is 2.91. The summed E-state index contributed by atoms with van der Waals surface area (Å²) in [4.78, 5) is 5.01. The highest BCUT2D eigenvalue weighted by molar-refractivity contribution is 4.84. The zero-order valence-electron chi connectivity index (χ0n) is 11.8. The van der Waals surface area contributed by atoms with Gasteiger partial charge in [0.1, 0.15) is 0 Å². The van der Waals surface area contributed by atoms with E-state index in [0.717, 1.165) is 24.5 Å². The fraction of sp³-hybridized carbons (Fsp3) is 1.00. The van der Waals surface area contributed by atoms with Gasteiger partial charge in [-0.05, 0) is 59.2 Å². The van der Waals surface area contributed by atoms with Gasteiger partial charge in [-0.15, -0.1) is 0 Å². The summed E-state index contributed by atoms with van der Waals surface area (Å²) in [5, 5.41) is 3.67. The lowest BCUT2D eigenvalue weighted by molar-refractivity contribution is 0.134. The normalized spacial score (nSPS) is 28.6. The molecule has 2 aliphatic rings. The average molecular weight is 239 g/mol. The molecule has 1 saturated carbocycles. The maximum Gasteiger partial charge on any atom is 0.0221 e. The Morgan fingerprint density at radius 2 is 2.12 bits per heavy atom. The molecule has 0 radical (unpaired) electrons. The molecular formula is C14H29N3. The highest BCUT2D eigenvalue weighted by atomic mass is 15.2. The number of hydrogen-bond acceptors (Lipinski definition) is 3. The van der Waals surface area contributed by atoms with Gasteiger partial charge in [0.25, 0.3) is 0 Å². The number of hydrogen-bond donors (Lipinski definition) is 1. The van der Waals surface area contributed by atoms with Crippen molar-refractivity contribution in [3.8, 4) is 0 Å². The molecule has 0 aromatic carbocycles. The van der Waals surface area contributed by atoms with Crippen LogP contribution in [0.5, 0.6) is 0 Å². The van der Waals surface area contributed by atoms with Crippen molar-refractivity contribution < 1.29 is 0 Å². The minimum Gasteiger partial charge on any atom is -0.313 e. The van der Waals surface area contributed by atoms with Crippen molar-refractivity contribution in [1.29, 1.82) is 0 Å². The summed E-state index contributed by atoms with van der Waals surface area (Å²) in [6.45, 7) is 7.20. The summed E-state index contributed by atoms with van der Waals surface area (Å²) in [5.41, 5.74) is 0. The minimum absolute atomic E-state index is 0.734. The highest BCUT2D eigenvalue weighted by Gasteiger charge is 2.27. The molecule has 1 aliphatic heterocycles. The number of nitrogens with zero attached hydrogens (tertiary/aromatic N) is 2. The predicted molar refractivity (Wildman–Crippen MR) is 73.3 cm³/mol. The van der Waals surface area contributed by atoms with Crippen molar-refractivity contribution in [2.75, 3.05) is 40.3 Å². The molecule has 0 aromatic heterocycles. The second-order valence-electron chi connectivity index (χ2n) is 6.12. The van der Waals surface area contributed by atoms with E-state index in [9.17, 15) is 0 Å². The topological polar surface area (TPSA) is 18.5 Å². The van der Waals surface area contributed by atoms with Crippen LogP contribution in [0.4, 0.5) is 0 Å². The third-order valence-corrected chi connectivity index (χ3v) is 4.48. The fourth-order valence-corrected chi connectivity index (χ4v) is 2.91. The molecule has 2 fully saturated rings. The molecule has 0 aromatic rings. The van der Waals surface area contributed by atoms with Crippen molar-refractivity contribution in [1.82, 2.24) is 15.1 Å². The Kier molecular flexibility index (Phi) is 4.83. The molecule has 0 bridgehead atoms. The first-order valence-corrected chi connectivity index (χ1v) is 7.29. The zero-order valence-corrected chi connectivity index (χ0v) is 11.8. The summed E-state index contributed by atoms with van der Waals surface area (Å²) in [6, 6.07) is 1.50. The van der Waals surface area contributed by atoms with E-state index < -0.39 is 0 Å². The van der Waals surface area contributed by atoms with Crippen LogP contribution >= 0.6 is 0 Å². The van der Waals surface area contributed by atoms with Crippen molar-refractivity contribution in [2.45, 2.75) is 44.7 Å². The SMILES string of the molecule is CC(NCCN(C)C1CCCN(C)C1)C1CC1. The third kappa shape index (κ3) is 4.23. The van der Waals surface area contributed by atoms with E-state index in [-0.39, 0.29) is 0 Å². The smallest absolute Gasteiger partial charge is 0.0221 e. The summed E-state index contributed by atoms with van der Waals surface area (Å²) < 4.78 is 0. The third-order valence-electron chi connectivity index (χ3n) is 4.48. The van der Waals surface area contributed by atoms with Crippen LogP contribution < -0.4 is 5.32 Å². The molecule has 2 rings (SSSR count). The molecule has 100 valence electrons. The van der Waals surface area contributed by atoms with E-state index in [0.29, 0.717) is 0 Å². The van der Waals surface area contributed by atoms with Crippen molar-refractivity contribution in [3.63, 3.8) is 0 Å². The Bertz CT molecular complexity index is 228. The monoisotopic (exact) mass is 239 g/mol. The van der Waals surface area contributed by atoms with Crippen molar-refractivity contribution in [2.24, 2.45) is 5.92 Å². The maximum absolute atomic E-state index is 3.67. The Hall–Kier alpha value is -0.120. The van der Waals surface area contributed by atoms with Crippen molar-refractivity contribution in [3.05, 3.63) is 0 Å². The van der Waals surface area contributed by atoms with Crippen LogP contribution in [0.2, 0.25) is 0 Å². The standard InChI is InChI=1S/C14H29N3/c1-12(13-6-7-13)15-8-10-17(3)14-5-4-9-16(2)11-14/h12-15H,4-11H2,1-3H3. The molecule has 3 nitrogen and oxygen atoms in total. The maximum atomic E-state index is 3.67. The number of rotatable bonds is 6. The van der Waals surface area contributed by atoms with Crippen LogP contribution in [0.1, 0.15) is 32.6 Å². The van der Waals surface area contributed by atoms with Gasteiger partial charge in [0.2, 0.25) is 0 Å². The second kappa shape index (κ2) is 6.17. The van der Waals surface area contributed by atoms with E-state index in [1.54, 1.807) is 0 Å². The van der Waals surface area contributed by atoms with Gasteiger partial charge in [-0.1, -0.05) is 0 Å². The summed E-state index contributed by atoms with van der Waals surface area (Å²) >= 11 is 0. The van der Waals surface area contributed by atoms with Crippen LogP contribution in [-0.2, 0) is 0 Å². The molecule has 0 amide bonds. The number of nitrogens with one attached hydrogen (secondary N) is 1. The van der Waals surface area contributed by atoms with E-state index in [1.807, 2.05) is 0 Å². The average Bonchev–Trinajstić information content (AvgIpc) is 3.12. The first-order valence-electron chi connectivity index (χ1n) is 7.29. The van der Waals surface area contributed by atoms with Crippen LogP contribution in [0.15, 0.2) is 0 Å². The molecule has 1 heterocycles. The summed E-state index contributed by atoms with van der Waals surface area (Å²) in [6.07, 6.45) is 5.62. The zero-order chi connectivity index (χ0) is 12.3. The van der Waals surface area contributed by atoms with Crippen LogP contribution in [0.3, 0.4) is 0 Å². The first kappa shape index (κ1) is 13.3. The van der Waals surface area contributed by atoms with E-state index in [2.05, 4.69) is 36.1 Å². The molecular weight excluding hydrogens is 210 g/mol. The van der Waals surface area contributed by atoms with Crippen LogP contribution in [-0.4, -0.2) is 62.2 Å². The van der Waals surface area contributed by atoms with Gasteiger partial charge >= 0.3 is 0 Å². The lowest BCUT2D eigenvalue weighted by Gasteiger charge is -2.36. The van der Waals surface area contributed by atoms with Gasteiger partial charge in [0.15, 0.2) is 0 Å². The molecule has 3 heteroatoms. The molecule has 2 unspecified atom stereocenters. The second-order valence-corrected chi connectivity index (χ2v) is 6.12. The molecule has 2 atom stereocenters. The lowest BCUT2D eigenvalue weighted by atomic mass is 10.1. The molecule has 17 heavy (non-hydrogen) atoms. The van der Waals surface area contributed by atoms with E-state index in [1.165, 1.54) is 45.3 Å². The van der Waals surface area contributed by atoms with Gasteiger partial charge in [-0.25, -0.2) is 0 Å². The Balaban J connectivity index is 1.60. The molecule has 0 spiro atoms. The number of piperidine rings is 1. The lowest BCUT2D eigenvalue weighted by Crippen LogP contribution is -2.47. The molecule has 1 saturated heterocycles. The van der Waals surface area contributed by atoms with Crippen LogP contribution in [0, 0.1) is 5.92 Å². The molecule has 1 N–H and O–H groups in total. The number of likely N-dealkylation sites (N-methyl/N-ethyl adjacent to an activating group) is 2.